The number of carbonyl (C=O) groups is 2. The summed E-state index contributed by atoms with van der Waals surface area (Å²) < 4.78 is 0. The molecule has 3 rings (SSSR count). The summed E-state index contributed by atoms with van der Waals surface area (Å²) in [5.41, 5.74) is 3.26. The number of benzene rings is 1. The molecule has 0 saturated carbocycles. The Balaban J connectivity index is 1.92. The van der Waals surface area contributed by atoms with Gasteiger partial charge in [0, 0.05) is 24.8 Å². The van der Waals surface area contributed by atoms with E-state index in [0.717, 1.165) is 48.1 Å². The van der Waals surface area contributed by atoms with E-state index in [1.165, 1.54) is 0 Å². The lowest BCUT2D eigenvalue weighted by Crippen LogP contribution is -2.31. The maximum absolute atomic E-state index is 11.8. The van der Waals surface area contributed by atoms with Gasteiger partial charge in [-0.2, -0.15) is 0 Å². The first-order valence-corrected chi connectivity index (χ1v) is 8.52. The molecule has 2 amide bonds. The Labute approximate surface area is 140 Å². The van der Waals surface area contributed by atoms with Crippen LogP contribution in [0.15, 0.2) is 23.1 Å². The zero-order chi connectivity index (χ0) is 16.6. The number of hydrogen-bond donors (Lipinski definition) is 1. The molecule has 6 heteroatoms. The predicted molar refractivity (Wildman–Crippen MR) is 94.6 cm³/mol. The zero-order valence-corrected chi connectivity index (χ0v) is 14.4. The Morgan fingerprint density at radius 3 is 2.74 bits per heavy atom. The van der Waals surface area contributed by atoms with E-state index >= 15 is 0 Å². The van der Waals surface area contributed by atoms with Crippen LogP contribution in [0.1, 0.15) is 17.5 Å². The second kappa shape index (κ2) is 6.37. The summed E-state index contributed by atoms with van der Waals surface area (Å²) in [7, 11) is 4.22. The van der Waals surface area contributed by atoms with Crippen molar-refractivity contribution in [3.8, 4) is 0 Å². The van der Waals surface area contributed by atoms with Crippen LogP contribution in [0.4, 0.5) is 10.5 Å². The van der Waals surface area contributed by atoms with Crippen LogP contribution in [0, 0.1) is 6.92 Å². The molecule has 0 bridgehead atoms. The van der Waals surface area contributed by atoms with Crippen LogP contribution >= 0.6 is 11.8 Å². The topological polar surface area (TPSA) is 52.6 Å². The third-order valence-electron chi connectivity index (χ3n) is 4.35. The monoisotopic (exact) mass is 331 g/mol. The molecular weight excluding hydrogens is 310 g/mol. The summed E-state index contributed by atoms with van der Waals surface area (Å²) in [4.78, 5) is 28.2. The Morgan fingerprint density at radius 1 is 1.35 bits per heavy atom. The molecule has 2 heterocycles. The van der Waals surface area contributed by atoms with Crippen LogP contribution in [0.5, 0.6) is 0 Å². The largest absolute Gasteiger partial charge is 0.369 e. The molecule has 23 heavy (non-hydrogen) atoms. The smallest absolute Gasteiger partial charge is 0.290 e. The summed E-state index contributed by atoms with van der Waals surface area (Å²) in [5.74, 6) is -0.306. The molecule has 0 spiro atoms. The van der Waals surface area contributed by atoms with E-state index in [1.807, 2.05) is 13.0 Å². The minimum absolute atomic E-state index is 0.302. The molecule has 0 unspecified atom stereocenters. The van der Waals surface area contributed by atoms with Gasteiger partial charge in [0.25, 0.3) is 11.1 Å². The number of likely N-dealkylation sites (N-methyl/N-ethyl adjacent to an activating group) is 1. The highest BCUT2D eigenvalue weighted by Crippen LogP contribution is 2.32. The SMILES string of the molecule is Cc1ccc(N2CC[C@H](N(C)C)C2)c(/C=C2/SC(=O)NC2=O)c1. The van der Waals surface area contributed by atoms with Gasteiger partial charge in [-0.15, -0.1) is 0 Å². The van der Waals surface area contributed by atoms with Crippen LogP contribution in [-0.4, -0.2) is 49.3 Å². The molecule has 2 aliphatic heterocycles. The average Bonchev–Trinajstić information content (AvgIpc) is 3.07. The zero-order valence-electron chi connectivity index (χ0n) is 13.6. The van der Waals surface area contributed by atoms with E-state index in [-0.39, 0.29) is 11.1 Å². The first-order chi connectivity index (χ1) is 10.9. The van der Waals surface area contributed by atoms with Crippen molar-refractivity contribution in [2.45, 2.75) is 19.4 Å². The van der Waals surface area contributed by atoms with Crippen LogP contribution < -0.4 is 10.2 Å². The number of aryl methyl sites for hydroxylation is 1. The van der Waals surface area contributed by atoms with Crippen LogP contribution in [0.2, 0.25) is 0 Å². The van der Waals surface area contributed by atoms with Gasteiger partial charge >= 0.3 is 0 Å². The van der Waals surface area contributed by atoms with Gasteiger partial charge in [0.15, 0.2) is 0 Å². The van der Waals surface area contributed by atoms with Crippen LogP contribution in [-0.2, 0) is 4.79 Å². The fourth-order valence-corrected chi connectivity index (χ4v) is 3.70. The molecule has 122 valence electrons. The molecule has 1 aromatic rings. The normalized spacial score (nSPS) is 23.2. The third kappa shape index (κ3) is 3.43. The van der Waals surface area contributed by atoms with Gasteiger partial charge in [0.2, 0.25) is 0 Å². The standard InChI is InChI=1S/C17H21N3O2S/c1-11-4-5-14(20-7-6-13(10-20)19(2)3)12(8-11)9-15-16(21)18-17(22)23-15/h4-5,8-9,13H,6-7,10H2,1-3H3,(H,18,21,22)/b15-9+/t13-/m0/s1. The molecule has 2 saturated heterocycles. The van der Waals surface area contributed by atoms with E-state index < -0.39 is 0 Å². The molecule has 2 fully saturated rings. The average molecular weight is 331 g/mol. The lowest BCUT2D eigenvalue weighted by molar-refractivity contribution is -0.115. The first-order valence-electron chi connectivity index (χ1n) is 7.71. The molecule has 1 N–H and O–H groups in total. The number of hydrogen-bond acceptors (Lipinski definition) is 5. The summed E-state index contributed by atoms with van der Waals surface area (Å²) in [6, 6.07) is 6.82. The molecule has 2 aliphatic rings. The number of rotatable bonds is 3. The first kappa shape index (κ1) is 16.1. The molecular formula is C17H21N3O2S. The van der Waals surface area contributed by atoms with Crippen molar-refractivity contribution in [3.05, 3.63) is 34.2 Å². The highest BCUT2D eigenvalue weighted by Gasteiger charge is 2.28. The lowest BCUT2D eigenvalue weighted by Gasteiger charge is -2.23. The quantitative estimate of drug-likeness (QED) is 0.862. The van der Waals surface area contributed by atoms with Crippen molar-refractivity contribution in [3.63, 3.8) is 0 Å². The Morgan fingerprint density at radius 2 is 2.13 bits per heavy atom. The van der Waals surface area contributed by atoms with E-state index in [0.29, 0.717) is 10.9 Å². The van der Waals surface area contributed by atoms with Crippen molar-refractivity contribution in [2.24, 2.45) is 0 Å². The fraction of sp³-hybridized carbons (Fsp3) is 0.412. The second-order valence-corrected chi connectivity index (χ2v) is 7.28. The van der Waals surface area contributed by atoms with E-state index in [9.17, 15) is 9.59 Å². The Kier molecular flexibility index (Phi) is 4.46. The van der Waals surface area contributed by atoms with Gasteiger partial charge in [0.05, 0.1) is 4.91 Å². The predicted octanol–water partition coefficient (Wildman–Crippen LogP) is 2.46. The molecule has 1 aromatic carbocycles. The molecule has 5 nitrogen and oxygen atoms in total. The van der Waals surface area contributed by atoms with Gasteiger partial charge in [-0.3, -0.25) is 14.9 Å². The third-order valence-corrected chi connectivity index (χ3v) is 5.16. The summed E-state index contributed by atoms with van der Waals surface area (Å²) in [6.45, 7) is 4.01. The number of amides is 2. The highest BCUT2D eigenvalue weighted by molar-refractivity contribution is 8.18. The van der Waals surface area contributed by atoms with Gasteiger partial charge in [-0.25, -0.2) is 0 Å². The fourth-order valence-electron chi connectivity index (χ4n) is 3.02. The summed E-state index contributed by atoms with van der Waals surface area (Å²) >= 11 is 0.966. The lowest BCUT2D eigenvalue weighted by atomic mass is 10.1. The van der Waals surface area contributed by atoms with E-state index in [4.69, 9.17) is 0 Å². The van der Waals surface area contributed by atoms with Gasteiger partial charge in [-0.1, -0.05) is 11.6 Å². The molecule has 0 aliphatic carbocycles. The van der Waals surface area contributed by atoms with Crippen molar-refractivity contribution >= 4 is 34.7 Å². The van der Waals surface area contributed by atoms with E-state index in [1.54, 1.807) is 0 Å². The number of imide groups is 1. The Hall–Kier alpha value is -1.79. The molecule has 1 atom stereocenters. The number of thioether (sulfide) groups is 1. The summed E-state index contributed by atoms with van der Waals surface area (Å²) in [5, 5.41) is 2.01. The van der Waals surface area contributed by atoms with Crippen LogP contribution in [0.25, 0.3) is 6.08 Å². The highest BCUT2D eigenvalue weighted by atomic mass is 32.2. The maximum Gasteiger partial charge on any atom is 0.290 e. The molecule has 0 radical (unpaired) electrons. The number of nitrogens with one attached hydrogen (secondary N) is 1. The summed E-state index contributed by atoms with van der Waals surface area (Å²) in [6.07, 6.45) is 2.96. The Bertz CT molecular complexity index is 684. The molecule has 0 aromatic heterocycles. The minimum atomic E-state index is -0.306. The second-order valence-electron chi connectivity index (χ2n) is 6.27. The van der Waals surface area contributed by atoms with Gasteiger partial charge in [0.1, 0.15) is 0 Å². The van der Waals surface area contributed by atoms with Crippen molar-refractivity contribution in [1.82, 2.24) is 10.2 Å². The maximum atomic E-state index is 11.8. The van der Waals surface area contributed by atoms with Gasteiger partial charge < -0.3 is 9.80 Å². The number of nitrogens with zero attached hydrogens (tertiary/aromatic N) is 2. The van der Waals surface area contributed by atoms with Crippen molar-refractivity contribution in [1.29, 1.82) is 0 Å². The van der Waals surface area contributed by atoms with Crippen molar-refractivity contribution < 1.29 is 9.59 Å². The van der Waals surface area contributed by atoms with Crippen LogP contribution in [0.3, 0.4) is 0 Å². The number of anilines is 1. The number of carbonyl (C=O) groups excluding carboxylic acids is 2. The minimum Gasteiger partial charge on any atom is -0.369 e. The van der Waals surface area contributed by atoms with Crippen molar-refractivity contribution in [2.75, 3.05) is 32.1 Å². The van der Waals surface area contributed by atoms with E-state index in [2.05, 4.69) is 47.4 Å². The van der Waals surface area contributed by atoms with Gasteiger partial charge in [-0.05, 0) is 63.0 Å².